The van der Waals surface area contributed by atoms with Gasteiger partial charge < -0.3 is 0 Å². The van der Waals surface area contributed by atoms with E-state index in [0.29, 0.717) is 11.1 Å². The fraction of sp³-hybridized carbons (Fsp3) is 1.00. The van der Waals surface area contributed by atoms with Crippen molar-refractivity contribution in [3.8, 4) is 0 Å². The van der Waals surface area contributed by atoms with Gasteiger partial charge >= 0.3 is 0 Å². The highest BCUT2D eigenvalue weighted by atomic mass is 15.2. The van der Waals surface area contributed by atoms with Gasteiger partial charge in [-0.05, 0) is 53.5 Å². The third-order valence-corrected chi connectivity index (χ3v) is 10.7. The second-order valence-electron chi connectivity index (χ2n) is 16.2. The maximum Gasteiger partial charge on any atom is 0.0158 e. The Balaban J connectivity index is 4.56. The molecule has 0 aliphatic heterocycles. The van der Waals surface area contributed by atoms with E-state index in [9.17, 15) is 0 Å². The SMILES string of the molecule is CCCCCCCCCCCCCN(C(C)(C)CCCCCCCCCCCC)C(C)(C)CCCCCCCCCCCC. The lowest BCUT2D eigenvalue weighted by molar-refractivity contribution is 0.00151. The second kappa shape index (κ2) is 31.6. The van der Waals surface area contributed by atoms with Gasteiger partial charge in [-0.15, -0.1) is 0 Å². The third kappa shape index (κ3) is 27.1. The van der Waals surface area contributed by atoms with Crippen LogP contribution in [0.25, 0.3) is 0 Å². The molecule has 44 heavy (non-hydrogen) atoms. The van der Waals surface area contributed by atoms with Gasteiger partial charge in [-0.3, -0.25) is 4.90 Å². The molecule has 0 aromatic carbocycles. The van der Waals surface area contributed by atoms with Crippen LogP contribution in [0.1, 0.15) is 260 Å². The molecule has 0 unspecified atom stereocenters. The van der Waals surface area contributed by atoms with Gasteiger partial charge in [0.15, 0.2) is 0 Å². The van der Waals surface area contributed by atoms with Gasteiger partial charge in [0.1, 0.15) is 0 Å². The van der Waals surface area contributed by atoms with Crippen LogP contribution in [0.5, 0.6) is 0 Å². The van der Waals surface area contributed by atoms with Crippen LogP contribution in [-0.4, -0.2) is 22.5 Å². The van der Waals surface area contributed by atoms with Gasteiger partial charge in [0.25, 0.3) is 0 Å². The minimum atomic E-state index is 0.306. The van der Waals surface area contributed by atoms with Crippen LogP contribution in [0.4, 0.5) is 0 Å². The average molecular weight is 620 g/mol. The maximum atomic E-state index is 2.98. The predicted octanol–water partition coefficient (Wildman–Crippen LogP) is 15.8. The van der Waals surface area contributed by atoms with E-state index in [1.54, 1.807) is 0 Å². The summed E-state index contributed by atoms with van der Waals surface area (Å²) in [5.41, 5.74) is 0.612. The molecule has 0 bridgehead atoms. The smallest absolute Gasteiger partial charge is 0.0158 e. The lowest BCUT2D eigenvalue weighted by atomic mass is 9.85. The zero-order valence-electron chi connectivity index (χ0n) is 32.5. The summed E-state index contributed by atoms with van der Waals surface area (Å²) < 4.78 is 0. The topological polar surface area (TPSA) is 3.24 Å². The quantitative estimate of drug-likeness (QED) is 0.0631. The summed E-state index contributed by atoms with van der Waals surface area (Å²) in [6.45, 7) is 18.6. The van der Waals surface area contributed by atoms with Crippen molar-refractivity contribution in [2.45, 2.75) is 271 Å². The zero-order chi connectivity index (χ0) is 32.6. The average Bonchev–Trinajstić information content (AvgIpc) is 2.99. The Labute approximate surface area is 282 Å². The molecular weight excluding hydrogens is 530 g/mol. The molecule has 0 saturated heterocycles. The number of nitrogens with zero attached hydrogens (tertiary/aromatic N) is 1. The van der Waals surface area contributed by atoms with E-state index in [0.717, 1.165) is 0 Å². The fourth-order valence-corrected chi connectivity index (χ4v) is 7.72. The van der Waals surface area contributed by atoms with E-state index < -0.39 is 0 Å². The number of hydrogen-bond donors (Lipinski definition) is 0. The molecule has 0 heterocycles. The monoisotopic (exact) mass is 620 g/mol. The van der Waals surface area contributed by atoms with Crippen molar-refractivity contribution >= 4 is 0 Å². The highest BCUT2D eigenvalue weighted by Gasteiger charge is 2.36. The normalized spacial score (nSPS) is 12.5. The Morgan fingerprint density at radius 3 is 0.727 bits per heavy atom. The van der Waals surface area contributed by atoms with Crippen molar-refractivity contribution < 1.29 is 0 Å². The molecule has 0 atom stereocenters. The first-order valence-corrected chi connectivity index (χ1v) is 21.1. The third-order valence-electron chi connectivity index (χ3n) is 10.7. The Morgan fingerprint density at radius 2 is 0.477 bits per heavy atom. The van der Waals surface area contributed by atoms with E-state index in [2.05, 4.69) is 53.4 Å². The maximum absolute atomic E-state index is 2.98. The Hall–Kier alpha value is -0.0400. The van der Waals surface area contributed by atoms with Gasteiger partial charge in [-0.25, -0.2) is 0 Å². The van der Waals surface area contributed by atoms with Gasteiger partial charge in [0.2, 0.25) is 0 Å². The molecule has 0 spiro atoms. The molecule has 1 heteroatoms. The zero-order valence-corrected chi connectivity index (χ0v) is 32.5. The van der Waals surface area contributed by atoms with Gasteiger partial charge in [0, 0.05) is 11.1 Å². The van der Waals surface area contributed by atoms with E-state index in [-0.39, 0.29) is 0 Å². The molecule has 0 radical (unpaired) electrons. The molecule has 0 rings (SSSR count). The van der Waals surface area contributed by atoms with Crippen LogP contribution < -0.4 is 0 Å². The Kier molecular flexibility index (Phi) is 31.5. The highest BCUT2D eigenvalue weighted by Crippen LogP contribution is 2.34. The Morgan fingerprint density at radius 1 is 0.273 bits per heavy atom. The molecule has 0 aliphatic carbocycles. The Bertz CT molecular complexity index is 513. The van der Waals surface area contributed by atoms with Crippen LogP contribution in [0.15, 0.2) is 0 Å². The summed E-state index contributed by atoms with van der Waals surface area (Å²) in [5.74, 6) is 0. The number of unbranched alkanes of at least 4 members (excludes halogenated alkanes) is 28. The van der Waals surface area contributed by atoms with Crippen LogP contribution in [0, 0.1) is 0 Å². The lowest BCUT2D eigenvalue weighted by Gasteiger charge is -2.49. The molecule has 0 fully saturated rings. The summed E-state index contributed by atoms with van der Waals surface area (Å²) in [5, 5.41) is 0. The summed E-state index contributed by atoms with van der Waals surface area (Å²) >= 11 is 0. The van der Waals surface area contributed by atoms with E-state index in [4.69, 9.17) is 0 Å². The first-order chi connectivity index (χ1) is 21.3. The molecule has 0 saturated carbocycles. The standard InChI is InChI=1S/C43H89N/c1-8-11-14-17-20-23-26-29-32-35-38-41-44(42(4,5)39-36-33-30-27-24-21-18-15-12-9-2)43(6,7)40-37-34-31-28-25-22-19-16-13-10-3/h8-41H2,1-7H3. The van der Waals surface area contributed by atoms with Gasteiger partial charge in [0.05, 0.1) is 0 Å². The molecule has 0 aromatic rings. The van der Waals surface area contributed by atoms with Crippen LogP contribution >= 0.6 is 0 Å². The van der Waals surface area contributed by atoms with Gasteiger partial charge in [-0.1, -0.05) is 213 Å². The van der Waals surface area contributed by atoms with E-state index in [1.807, 2.05) is 0 Å². The first-order valence-electron chi connectivity index (χ1n) is 21.1. The summed E-state index contributed by atoms with van der Waals surface area (Å²) in [7, 11) is 0. The number of rotatable bonds is 36. The molecule has 0 N–H and O–H groups in total. The van der Waals surface area contributed by atoms with Crippen LogP contribution in [0.2, 0.25) is 0 Å². The van der Waals surface area contributed by atoms with Crippen LogP contribution in [-0.2, 0) is 0 Å². The molecule has 0 aliphatic rings. The van der Waals surface area contributed by atoms with Crippen molar-refractivity contribution in [2.75, 3.05) is 6.54 Å². The van der Waals surface area contributed by atoms with Gasteiger partial charge in [-0.2, -0.15) is 0 Å². The molecule has 1 nitrogen and oxygen atoms in total. The highest BCUT2D eigenvalue weighted by molar-refractivity contribution is 4.92. The lowest BCUT2D eigenvalue weighted by Crippen LogP contribution is -2.55. The van der Waals surface area contributed by atoms with Crippen molar-refractivity contribution in [3.63, 3.8) is 0 Å². The fourth-order valence-electron chi connectivity index (χ4n) is 7.72. The predicted molar refractivity (Wildman–Crippen MR) is 204 cm³/mol. The van der Waals surface area contributed by atoms with Crippen molar-refractivity contribution in [1.82, 2.24) is 4.90 Å². The van der Waals surface area contributed by atoms with Crippen LogP contribution in [0.3, 0.4) is 0 Å². The van der Waals surface area contributed by atoms with E-state index in [1.165, 1.54) is 218 Å². The molecule has 0 amide bonds. The van der Waals surface area contributed by atoms with Crippen molar-refractivity contribution in [2.24, 2.45) is 0 Å². The minimum absolute atomic E-state index is 0.306. The molecule has 266 valence electrons. The first kappa shape index (κ1) is 44.0. The molecular formula is C43H89N. The summed E-state index contributed by atoms with van der Waals surface area (Å²) in [6, 6.07) is 0. The van der Waals surface area contributed by atoms with E-state index >= 15 is 0 Å². The largest absolute Gasteiger partial charge is 0.293 e. The second-order valence-corrected chi connectivity index (χ2v) is 16.2. The van der Waals surface area contributed by atoms with Crippen molar-refractivity contribution in [3.05, 3.63) is 0 Å². The summed E-state index contributed by atoms with van der Waals surface area (Å²) in [6.07, 6.45) is 47.3. The summed E-state index contributed by atoms with van der Waals surface area (Å²) in [4.78, 5) is 2.98. The number of hydrogen-bond acceptors (Lipinski definition) is 1. The van der Waals surface area contributed by atoms with Crippen molar-refractivity contribution in [1.29, 1.82) is 0 Å². The minimum Gasteiger partial charge on any atom is -0.293 e. The molecule has 0 aromatic heterocycles.